The Labute approximate surface area is 134 Å². The summed E-state index contributed by atoms with van der Waals surface area (Å²) in [6.45, 7) is 4.90. The van der Waals surface area contributed by atoms with Gasteiger partial charge >= 0.3 is 0 Å². The Morgan fingerprint density at radius 1 is 1.33 bits per heavy atom. The van der Waals surface area contributed by atoms with Gasteiger partial charge in [-0.15, -0.1) is 0 Å². The first-order valence-electron chi connectivity index (χ1n) is 6.61. The minimum atomic E-state index is -0.680. The second-order valence-corrected chi connectivity index (χ2v) is 6.02. The number of likely N-dealkylation sites (N-methyl/N-ethyl adjacent to an activating group) is 1. The zero-order chi connectivity index (χ0) is 15.6. The minimum absolute atomic E-state index is 0.450. The Balaban J connectivity index is 2.03. The molecule has 0 amide bonds. The summed E-state index contributed by atoms with van der Waals surface area (Å²) >= 11 is 12.0. The first-order valence-corrected chi connectivity index (χ1v) is 7.37. The van der Waals surface area contributed by atoms with Crippen LogP contribution in [0.2, 0.25) is 10.0 Å². The van der Waals surface area contributed by atoms with Crippen LogP contribution in [-0.2, 0) is 6.54 Å². The van der Waals surface area contributed by atoms with Gasteiger partial charge < -0.3 is 9.63 Å². The van der Waals surface area contributed by atoms with Gasteiger partial charge in [0.1, 0.15) is 5.76 Å². The summed E-state index contributed by atoms with van der Waals surface area (Å²) in [6, 6.07) is 5.11. The van der Waals surface area contributed by atoms with Crippen molar-refractivity contribution in [1.29, 1.82) is 0 Å². The number of rotatable bonds is 5. The molecule has 2 rings (SSSR count). The predicted octanol–water partition coefficient (Wildman–Crippen LogP) is 3.76. The third-order valence-electron chi connectivity index (χ3n) is 3.42. The van der Waals surface area contributed by atoms with Crippen LogP contribution in [0.5, 0.6) is 0 Å². The molecule has 0 saturated heterocycles. The summed E-state index contributed by atoms with van der Waals surface area (Å²) < 4.78 is 5.14. The third kappa shape index (κ3) is 3.98. The highest BCUT2D eigenvalue weighted by molar-refractivity contribution is 6.35. The van der Waals surface area contributed by atoms with Crippen molar-refractivity contribution in [3.63, 3.8) is 0 Å². The SMILES string of the molecule is Cc1noc(C)c1CN(C)CC(O)c1ccc(Cl)cc1Cl. The molecule has 1 atom stereocenters. The van der Waals surface area contributed by atoms with E-state index >= 15 is 0 Å². The molecule has 0 fully saturated rings. The molecule has 1 N–H and O–H groups in total. The van der Waals surface area contributed by atoms with Crippen LogP contribution in [-0.4, -0.2) is 28.8 Å². The highest BCUT2D eigenvalue weighted by Gasteiger charge is 2.17. The van der Waals surface area contributed by atoms with Gasteiger partial charge in [0.15, 0.2) is 0 Å². The van der Waals surface area contributed by atoms with Gasteiger partial charge in [-0.1, -0.05) is 34.4 Å². The van der Waals surface area contributed by atoms with E-state index in [1.165, 1.54) is 0 Å². The highest BCUT2D eigenvalue weighted by atomic mass is 35.5. The maximum absolute atomic E-state index is 10.3. The number of aromatic nitrogens is 1. The van der Waals surface area contributed by atoms with Crippen molar-refractivity contribution < 1.29 is 9.63 Å². The van der Waals surface area contributed by atoms with Crippen molar-refractivity contribution >= 4 is 23.2 Å². The second kappa shape index (κ2) is 6.79. The Hall–Kier alpha value is -1.07. The molecule has 0 aliphatic carbocycles. The molecule has 0 bridgehead atoms. The minimum Gasteiger partial charge on any atom is -0.387 e. The molecule has 0 aliphatic rings. The normalized spacial score (nSPS) is 12.9. The van der Waals surface area contributed by atoms with E-state index in [2.05, 4.69) is 5.16 Å². The molecular weight excluding hydrogens is 311 g/mol. The van der Waals surface area contributed by atoms with E-state index in [1.54, 1.807) is 18.2 Å². The van der Waals surface area contributed by atoms with Crippen LogP contribution >= 0.6 is 23.2 Å². The summed E-state index contributed by atoms with van der Waals surface area (Å²) in [5, 5.41) is 15.3. The average Bonchev–Trinajstić information content (AvgIpc) is 2.70. The van der Waals surface area contributed by atoms with Crippen molar-refractivity contribution in [3.8, 4) is 0 Å². The fourth-order valence-corrected chi connectivity index (χ4v) is 2.76. The van der Waals surface area contributed by atoms with Crippen LogP contribution in [0.15, 0.2) is 22.7 Å². The van der Waals surface area contributed by atoms with E-state index in [0.717, 1.165) is 17.0 Å². The van der Waals surface area contributed by atoms with E-state index in [1.807, 2.05) is 25.8 Å². The summed E-state index contributed by atoms with van der Waals surface area (Å²) in [5.74, 6) is 0.804. The second-order valence-electron chi connectivity index (χ2n) is 5.18. The molecule has 21 heavy (non-hydrogen) atoms. The quantitative estimate of drug-likeness (QED) is 0.907. The molecule has 4 nitrogen and oxygen atoms in total. The fourth-order valence-electron chi connectivity index (χ4n) is 2.23. The van der Waals surface area contributed by atoms with Crippen LogP contribution in [0.4, 0.5) is 0 Å². The lowest BCUT2D eigenvalue weighted by molar-refractivity contribution is 0.123. The summed E-state index contributed by atoms with van der Waals surface area (Å²) in [6.07, 6.45) is -0.680. The molecule has 0 radical (unpaired) electrons. The molecule has 1 unspecified atom stereocenters. The van der Waals surface area contributed by atoms with Crippen LogP contribution in [0.25, 0.3) is 0 Å². The highest BCUT2D eigenvalue weighted by Crippen LogP contribution is 2.27. The van der Waals surface area contributed by atoms with E-state index in [-0.39, 0.29) is 0 Å². The summed E-state index contributed by atoms with van der Waals surface area (Å²) in [4.78, 5) is 2.00. The maximum Gasteiger partial charge on any atom is 0.138 e. The van der Waals surface area contributed by atoms with Crippen molar-refractivity contribution in [2.45, 2.75) is 26.5 Å². The zero-order valence-electron chi connectivity index (χ0n) is 12.2. The van der Waals surface area contributed by atoms with Gasteiger partial charge in [0.2, 0.25) is 0 Å². The van der Waals surface area contributed by atoms with Gasteiger partial charge in [-0.05, 0) is 33.0 Å². The lowest BCUT2D eigenvalue weighted by atomic mass is 10.1. The number of hydrogen-bond donors (Lipinski definition) is 1. The Morgan fingerprint density at radius 3 is 2.62 bits per heavy atom. The smallest absolute Gasteiger partial charge is 0.138 e. The number of aryl methyl sites for hydroxylation is 2. The van der Waals surface area contributed by atoms with Gasteiger partial charge in [0.25, 0.3) is 0 Å². The Morgan fingerprint density at radius 2 is 2.05 bits per heavy atom. The van der Waals surface area contributed by atoms with Gasteiger partial charge in [-0.2, -0.15) is 0 Å². The summed E-state index contributed by atoms with van der Waals surface area (Å²) in [7, 11) is 1.93. The van der Waals surface area contributed by atoms with Gasteiger partial charge in [0, 0.05) is 34.3 Å². The largest absolute Gasteiger partial charge is 0.387 e. The molecule has 1 aromatic carbocycles. The molecular formula is C15H18Cl2N2O2. The van der Waals surface area contributed by atoms with E-state index in [4.69, 9.17) is 27.7 Å². The summed E-state index contributed by atoms with van der Waals surface area (Å²) in [5.41, 5.74) is 2.59. The van der Waals surface area contributed by atoms with Gasteiger partial charge in [-0.25, -0.2) is 0 Å². The van der Waals surface area contributed by atoms with Crippen molar-refractivity contribution in [1.82, 2.24) is 10.1 Å². The molecule has 6 heteroatoms. The van der Waals surface area contributed by atoms with Crippen LogP contribution in [0.3, 0.4) is 0 Å². The van der Waals surface area contributed by atoms with Crippen LogP contribution < -0.4 is 0 Å². The first-order chi connectivity index (χ1) is 9.88. The maximum atomic E-state index is 10.3. The molecule has 0 saturated carbocycles. The van der Waals surface area contributed by atoms with Gasteiger partial charge in [-0.3, -0.25) is 4.90 Å². The van der Waals surface area contributed by atoms with E-state index in [0.29, 0.717) is 28.7 Å². The van der Waals surface area contributed by atoms with E-state index in [9.17, 15) is 5.11 Å². The predicted molar refractivity (Wildman–Crippen MR) is 83.7 cm³/mol. The number of nitrogens with zero attached hydrogens (tertiary/aromatic N) is 2. The number of benzene rings is 1. The van der Waals surface area contributed by atoms with Crippen molar-refractivity contribution in [2.24, 2.45) is 0 Å². The van der Waals surface area contributed by atoms with Crippen molar-refractivity contribution in [2.75, 3.05) is 13.6 Å². The number of aliphatic hydroxyl groups is 1. The molecule has 0 aliphatic heterocycles. The zero-order valence-corrected chi connectivity index (χ0v) is 13.7. The average molecular weight is 329 g/mol. The lowest BCUT2D eigenvalue weighted by Crippen LogP contribution is -2.24. The van der Waals surface area contributed by atoms with Crippen LogP contribution in [0, 0.1) is 13.8 Å². The van der Waals surface area contributed by atoms with Crippen LogP contribution in [0.1, 0.15) is 28.7 Å². The molecule has 1 aromatic heterocycles. The van der Waals surface area contributed by atoms with E-state index < -0.39 is 6.10 Å². The number of aliphatic hydroxyl groups excluding tert-OH is 1. The van der Waals surface area contributed by atoms with Crippen molar-refractivity contribution in [3.05, 3.63) is 50.8 Å². The Kier molecular flexibility index (Phi) is 5.27. The standard InChI is InChI=1S/C15H18Cl2N2O2/c1-9-13(10(2)21-18-9)7-19(3)8-15(20)12-5-4-11(16)6-14(12)17/h4-6,15,20H,7-8H2,1-3H3. The first kappa shape index (κ1) is 16.3. The number of halogens is 2. The lowest BCUT2D eigenvalue weighted by Gasteiger charge is -2.21. The Bertz CT molecular complexity index is 609. The monoisotopic (exact) mass is 328 g/mol. The van der Waals surface area contributed by atoms with Gasteiger partial charge in [0.05, 0.1) is 11.8 Å². The topological polar surface area (TPSA) is 49.5 Å². The third-order valence-corrected chi connectivity index (χ3v) is 3.98. The molecule has 0 spiro atoms. The molecule has 114 valence electrons. The molecule has 2 aromatic rings. The fraction of sp³-hybridized carbons (Fsp3) is 0.400. The molecule has 1 heterocycles. The number of hydrogen-bond acceptors (Lipinski definition) is 4.